The summed E-state index contributed by atoms with van der Waals surface area (Å²) in [6.07, 6.45) is 2.31. The number of carbonyl (C=O) groups excluding carboxylic acids is 1. The lowest BCUT2D eigenvalue weighted by Crippen LogP contribution is -2.25. The van der Waals surface area contributed by atoms with Crippen molar-refractivity contribution in [1.29, 1.82) is 0 Å². The number of unbranched alkanes of at least 4 members (excludes halogenated alkanes) is 1. The van der Waals surface area contributed by atoms with Gasteiger partial charge in [-0.05, 0) is 24.1 Å². The number of amides is 1. The summed E-state index contributed by atoms with van der Waals surface area (Å²) < 4.78 is 5.26. The smallest absolute Gasteiger partial charge is 0.262 e. The summed E-state index contributed by atoms with van der Waals surface area (Å²) in [5.74, 6) is 0.508. The molecule has 2 rings (SSSR count). The van der Waals surface area contributed by atoms with E-state index in [1.807, 2.05) is 6.07 Å². The van der Waals surface area contributed by atoms with E-state index in [1.54, 1.807) is 12.1 Å². The maximum Gasteiger partial charge on any atom is 0.262 e. The predicted molar refractivity (Wildman–Crippen MR) is 65.1 cm³/mol. The number of carbonyl (C=O) groups is 1. The van der Waals surface area contributed by atoms with Crippen LogP contribution in [-0.2, 0) is 4.79 Å². The van der Waals surface area contributed by atoms with Gasteiger partial charge in [0.15, 0.2) is 6.61 Å². The van der Waals surface area contributed by atoms with Crippen molar-refractivity contribution >= 4 is 11.6 Å². The lowest BCUT2D eigenvalue weighted by molar-refractivity contribution is -0.118. The van der Waals surface area contributed by atoms with Crippen molar-refractivity contribution in [2.45, 2.75) is 32.3 Å². The van der Waals surface area contributed by atoms with Gasteiger partial charge in [-0.2, -0.15) is 0 Å². The molecule has 1 aromatic rings. The quantitative estimate of drug-likeness (QED) is 0.841. The number of nitrogens with one attached hydrogen (secondary N) is 1. The maximum atomic E-state index is 11.2. The minimum atomic E-state index is -0.473. The number of hydrogen-bond acceptors (Lipinski definition) is 3. The Labute approximate surface area is 101 Å². The summed E-state index contributed by atoms with van der Waals surface area (Å²) in [4.78, 5) is 11.2. The van der Waals surface area contributed by atoms with Crippen LogP contribution in [-0.4, -0.2) is 17.6 Å². The molecule has 1 amide bonds. The zero-order valence-corrected chi connectivity index (χ0v) is 9.90. The van der Waals surface area contributed by atoms with Gasteiger partial charge in [-0.15, -0.1) is 0 Å². The van der Waals surface area contributed by atoms with Gasteiger partial charge in [-0.1, -0.05) is 25.8 Å². The molecule has 0 aromatic heterocycles. The van der Waals surface area contributed by atoms with Crippen molar-refractivity contribution < 1.29 is 14.6 Å². The molecule has 1 atom stereocenters. The second-order valence-corrected chi connectivity index (χ2v) is 4.25. The minimum Gasteiger partial charge on any atom is -0.482 e. The fraction of sp³-hybridized carbons (Fsp3) is 0.462. The van der Waals surface area contributed by atoms with E-state index in [-0.39, 0.29) is 12.5 Å². The molecule has 92 valence electrons. The van der Waals surface area contributed by atoms with Gasteiger partial charge in [0, 0.05) is 0 Å². The van der Waals surface area contributed by atoms with Crippen LogP contribution in [0, 0.1) is 0 Å². The van der Waals surface area contributed by atoms with Crippen molar-refractivity contribution in [1.82, 2.24) is 0 Å². The summed E-state index contributed by atoms with van der Waals surface area (Å²) in [5.41, 5.74) is 1.47. The Kier molecular flexibility index (Phi) is 3.64. The van der Waals surface area contributed by atoms with E-state index in [1.165, 1.54) is 0 Å². The van der Waals surface area contributed by atoms with E-state index in [4.69, 9.17) is 4.74 Å². The number of fused-ring (bicyclic) bond motifs is 1. The van der Waals surface area contributed by atoms with Gasteiger partial charge in [0.25, 0.3) is 5.91 Å². The topological polar surface area (TPSA) is 58.6 Å². The number of hydrogen-bond donors (Lipinski definition) is 2. The predicted octanol–water partition coefficient (Wildman–Crippen LogP) is 2.24. The fourth-order valence-corrected chi connectivity index (χ4v) is 1.87. The minimum absolute atomic E-state index is 0.0603. The number of aliphatic hydroxyl groups is 1. The summed E-state index contributed by atoms with van der Waals surface area (Å²) in [7, 11) is 0. The highest BCUT2D eigenvalue weighted by Gasteiger charge is 2.17. The molecule has 1 heterocycles. The molecule has 1 unspecified atom stereocenters. The average molecular weight is 235 g/mol. The first-order valence-corrected chi connectivity index (χ1v) is 5.95. The zero-order valence-electron chi connectivity index (χ0n) is 9.90. The van der Waals surface area contributed by atoms with Crippen LogP contribution >= 0.6 is 0 Å². The van der Waals surface area contributed by atoms with Crippen LogP contribution in [0.2, 0.25) is 0 Å². The molecular formula is C13H17NO3. The van der Waals surface area contributed by atoms with E-state index in [2.05, 4.69) is 12.2 Å². The lowest BCUT2D eigenvalue weighted by Gasteiger charge is -2.20. The zero-order chi connectivity index (χ0) is 12.3. The molecule has 0 saturated carbocycles. The summed E-state index contributed by atoms with van der Waals surface area (Å²) in [6, 6.07) is 5.42. The van der Waals surface area contributed by atoms with Gasteiger partial charge in [-0.3, -0.25) is 4.79 Å². The second kappa shape index (κ2) is 5.19. The van der Waals surface area contributed by atoms with E-state index >= 15 is 0 Å². The number of anilines is 1. The third-order valence-electron chi connectivity index (χ3n) is 2.85. The first-order chi connectivity index (χ1) is 8.20. The summed E-state index contributed by atoms with van der Waals surface area (Å²) in [6.45, 7) is 2.15. The Balaban J connectivity index is 2.14. The van der Waals surface area contributed by atoms with Crippen molar-refractivity contribution in [2.75, 3.05) is 11.9 Å². The molecule has 2 N–H and O–H groups in total. The third kappa shape index (κ3) is 2.77. The number of rotatable bonds is 4. The molecule has 0 bridgehead atoms. The second-order valence-electron chi connectivity index (χ2n) is 4.25. The summed E-state index contributed by atoms with van der Waals surface area (Å²) >= 11 is 0. The third-order valence-corrected chi connectivity index (χ3v) is 2.85. The highest BCUT2D eigenvalue weighted by molar-refractivity contribution is 5.95. The highest BCUT2D eigenvalue weighted by Crippen LogP contribution is 2.31. The number of ether oxygens (including phenoxy) is 1. The van der Waals surface area contributed by atoms with Gasteiger partial charge in [0.2, 0.25) is 0 Å². The summed E-state index contributed by atoms with van der Waals surface area (Å²) in [5, 5.41) is 12.7. The number of benzene rings is 1. The Morgan fingerprint density at radius 1 is 1.53 bits per heavy atom. The molecule has 1 aliphatic rings. The largest absolute Gasteiger partial charge is 0.482 e. The Bertz CT molecular complexity index is 417. The maximum absolute atomic E-state index is 11.2. The van der Waals surface area contributed by atoms with Crippen molar-refractivity contribution in [2.24, 2.45) is 0 Å². The van der Waals surface area contributed by atoms with Crippen LogP contribution in [0.4, 0.5) is 5.69 Å². The van der Waals surface area contributed by atoms with Crippen molar-refractivity contribution in [3.63, 3.8) is 0 Å². The van der Waals surface area contributed by atoms with Gasteiger partial charge < -0.3 is 15.2 Å². The first kappa shape index (κ1) is 11.9. The van der Waals surface area contributed by atoms with Gasteiger partial charge >= 0.3 is 0 Å². The van der Waals surface area contributed by atoms with Crippen LogP contribution < -0.4 is 10.1 Å². The van der Waals surface area contributed by atoms with Gasteiger partial charge in [0.05, 0.1) is 11.8 Å². The first-order valence-electron chi connectivity index (χ1n) is 5.95. The molecule has 0 radical (unpaired) electrons. The Hall–Kier alpha value is -1.55. The number of aliphatic hydroxyl groups excluding tert-OH is 1. The fourth-order valence-electron chi connectivity index (χ4n) is 1.87. The standard InChI is InChI=1S/C13H17NO3/c1-2-3-4-11(15)9-5-6-12-10(7-9)14-13(16)8-17-12/h5-7,11,15H,2-4,8H2,1H3,(H,14,16). The normalized spacial score (nSPS) is 15.8. The van der Waals surface area contributed by atoms with E-state index in [0.717, 1.165) is 24.8 Å². The lowest BCUT2D eigenvalue weighted by atomic mass is 10.0. The van der Waals surface area contributed by atoms with Crippen molar-refractivity contribution in [3.8, 4) is 5.75 Å². The van der Waals surface area contributed by atoms with Gasteiger partial charge in [0.1, 0.15) is 5.75 Å². The molecule has 0 spiro atoms. The van der Waals surface area contributed by atoms with Crippen LogP contribution in [0.15, 0.2) is 18.2 Å². The van der Waals surface area contributed by atoms with Crippen LogP contribution in [0.3, 0.4) is 0 Å². The van der Waals surface area contributed by atoms with Gasteiger partial charge in [-0.25, -0.2) is 0 Å². The SMILES string of the molecule is CCCCC(O)c1ccc2c(c1)NC(=O)CO2. The van der Waals surface area contributed by atoms with Crippen LogP contribution in [0.1, 0.15) is 37.9 Å². The molecule has 0 fully saturated rings. The highest BCUT2D eigenvalue weighted by atomic mass is 16.5. The Morgan fingerprint density at radius 3 is 3.12 bits per heavy atom. The molecule has 1 aromatic carbocycles. The monoisotopic (exact) mass is 235 g/mol. The molecule has 0 saturated heterocycles. The van der Waals surface area contributed by atoms with Crippen LogP contribution in [0.25, 0.3) is 0 Å². The molecule has 4 heteroatoms. The van der Waals surface area contributed by atoms with Crippen LogP contribution in [0.5, 0.6) is 5.75 Å². The van der Waals surface area contributed by atoms with E-state index in [9.17, 15) is 9.90 Å². The molecule has 1 aliphatic heterocycles. The Morgan fingerprint density at radius 2 is 2.35 bits per heavy atom. The molecule has 4 nitrogen and oxygen atoms in total. The molecule has 17 heavy (non-hydrogen) atoms. The average Bonchev–Trinajstić information content (AvgIpc) is 2.35. The molecule has 0 aliphatic carbocycles. The van der Waals surface area contributed by atoms with Crippen molar-refractivity contribution in [3.05, 3.63) is 23.8 Å². The van der Waals surface area contributed by atoms with E-state index in [0.29, 0.717) is 11.4 Å². The van der Waals surface area contributed by atoms with E-state index < -0.39 is 6.10 Å². The molecular weight excluding hydrogens is 218 g/mol.